The molecule has 0 radical (unpaired) electrons. The first kappa shape index (κ1) is 20.7. The van der Waals surface area contributed by atoms with E-state index in [1.165, 1.54) is 24.3 Å². The summed E-state index contributed by atoms with van der Waals surface area (Å²) in [7, 11) is -2.06. The van der Waals surface area contributed by atoms with Gasteiger partial charge in [-0.25, -0.2) is 8.42 Å². The SMILES string of the molecule is COc1ccc(S(=O)(=O)N2CCN(C(=O)c3ccc(OCC4CC4)cc3)CC2)cc1. The molecule has 1 heterocycles. The molecule has 1 saturated heterocycles. The number of methoxy groups -OCH3 is 1. The van der Waals surface area contributed by atoms with Gasteiger partial charge in [-0.1, -0.05) is 0 Å². The van der Waals surface area contributed by atoms with Crippen LogP contribution in [0.1, 0.15) is 23.2 Å². The highest BCUT2D eigenvalue weighted by atomic mass is 32.2. The topological polar surface area (TPSA) is 76.2 Å². The summed E-state index contributed by atoms with van der Waals surface area (Å²) in [5.41, 5.74) is 0.584. The highest BCUT2D eigenvalue weighted by Gasteiger charge is 2.30. The van der Waals surface area contributed by atoms with Gasteiger partial charge in [-0.05, 0) is 67.3 Å². The van der Waals surface area contributed by atoms with Crippen LogP contribution in [0.3, 0.4) is 0 Å². The molecule has 7 nitrogen and oxygen atoms in total. The van der Waals surface area contributed by atoms with E-state index in [1.807, 2.05) is 12.1 Å². The highest BCUT2D eigenvalue weighted by Crippen LogP contribution is 2.29. The lowest BCUT2D eigenvalue weighted by Crippen LogP contribution is -2.50. The van der Waals surface area contributed by atoms with Gasteiger partial charge in [0.1, 0.15) is 11.5 Å². The van der Waals surface area contributed by atoms with E-state index in [0.29, 0.717) is 30.3 Å². The average molecular weight is 431 g/mol. The number of carbonyl (C=O) groups excluding carboxylic acids is 1. The van der Waals surface area contributed by atoms with Crippen LogP contribution in [0.2, 0.25) is 0 Å². The van der Waals surface area contributed by atoms with Gasteiger partial charge in [0.2, 0.25) is 10.0 Å². The van der Waals surface area contributed by atoms with Crippen molar-refractivity contribution in [3.63, 3.8) is 0 Å². The Morgan fingerprint density at radius 1 is 0.933 bits per heavy atom. The molecule has 0 spiro atoms. The van der Waals surface area contributed by atoms with Gasteiger partial charge in [0.15, 0.2) is 0 Å². The second-order valence-corrected chi connectivity index (χ2v) is 9.59. The fraction of sp³-hybridized carbons (Fsp3) is 0.409. The van der Waals surface area contributed by atoms with Crippen molar-refractivity contribution < 1.29 is 22.7 Å². The monoisotopic (exact) mass is 430 g/mol. The Hall–Kier alpha value is -2.58. The quantitative estimate of drug-likeness (QED) is 0.675. The first-order chi connectivity index (χ1) is 14.5. The van der Waals surface area contributed by atoms with Gasteiger partial charge >= 0.3 is 0 Å². The first-order valence-corrected chi connectivity index (χ1v) is 11.6. The molecule has 2 aromatic rings. The van der Waals surface area contributed by atoms with Crippen LogP contribution in [0.5, 0.6) is 11.5 Å². The summed E-state index contributed by atoms with van der Waals surface area (Å²) >= 11 is 0. The first-order valence-electron chi connectivity index (χ1n) is 10.1. The molecule has 0 aromatic heterocycles. The van der Waals surface area contributed by atoms with Gasteiger partial charge in [0.25, 0.3) is 5.91 Å². The van der Waals surface area contributed by atoms with Gasteiger partial charge in [0, 0.05) is 31.7 Å². The van der Waals surface area contributed by atoms with E-state index >= 15 is 0 Å². The maximum absolute atomic E-state index is 12.9. The second kappa shape index (κ2) is 8.65. The molecule has 160 valence electrons. The maximum atomic E-state index is 12.9. The zero-order valence-corrected chi connectivity index (χ0v) is 17.8. The summed E-state index contributed by atoms with van der Waals surface area (Å²) in [5, 5.41) is 0. The molecule has 2 aromatic carbocycles. The van der Waals surface area contributed by atoms with E-state index < -0.39 is 10.0 Å². The predicted octanol–water partition coefficient (Wildman–Crippen LogP) is 2.63. The van der Waals surface area contributed by atoms with Crippen molar-refractivity contribution >= 4 is 15.9 Å². The summed E-state index contributed by atoms with van der Waals surface area (Å²) in [5.74, 6) is 1.96. The third kappa shape index (κ3) is 4.60. The molecule has 0 atom stereocenters. The van der Waals surface area contributed by atoms with Gasteiger partial charge in [0.05, 0.1) is 18.6 Å². The largest absolute Gasteiger partial charge is 0.497 e. The Kier molecular flexibility index (Phi) is 5.97. The third-order valence-electron chi connectivity index (χ3n) is 5.51. The molecule has 1 saturated carbocycles. The highest BCUT2D eigenvalue weighted by molar-refractivity contribution is 7.89. The summed E-state index contributed by atoms with van der Waals surface area (Å²) in [6, 6.07) is 13.5. The summed E-state index contributed by atoms with van der Waals surface area (Å²) < 4.78 is 37.9. The smallest absolute Gasteiger partial charge is 0.253 e. The molecular formula is C22H26N2O5S. The molecule has 30 heavy (non-hydrogen) atoms. The molecule has 4 rings (SSSR count). The van der Waals surface area contributed by atoms with Crippen molar-refractivity contribution in [1.82, 2.24) is 9.21 Å². The molecule has 0 N–H and O–H groups in total. The number of hydrogen-bond acceptors (Lipinski definition) is 5. The van der Waals surface area contributed by atoms with Gasteiger partial charge in [-0.3, -0.25) is 4.79 Å². The average Bonchev–Trinajstić information content (AvgIpc) is 3.62. The van der Waals surface area contributed by atoms with Crippen LogP contribution in [-0.2, 0) is 10.0 Å². The van der Waals surface area contributed by atoms with Crippen LogP contribution in [0.15, 0.2) is 53.4 Å². The number of rotatable bonds is 7. The van der Waals surface area contributed by atoms with E-state index in [4.69, 9.17) is 9.47 Å². The van der Waals surface area contributed by atoms with E-state index in [-0.39, 0.29) is 23.9 Å². The van der Waals surface area contributed by atoms with Crippen LogP contribution >= 0.6 is 0 Å². The lowest BCUT2D eigenvalue weighted by molar-refractivity contribution is 0.0698. The van der Waals surface area contributed by atoms with E-state index in [2.05, 4.69) is 0 Å². The van der Waals surface area contributed by atoms with Gasteiger partial charge in [-0.15, -0.1) is 0 Å². The van der Waals surface area contributed by atoms with E-state index in [1.54, 1.807) is 41.3 Å². The number of ether oxygens (including phenoxy) is 2. The number of nitrogens with zero attached hydrogens (tertiary/aromatic N) is 2. The summed E-state index contributed by atoms with van der Waals surface area (Å²) in [4.78, 5) is 14.7. The molecule has 2 fully saturated rings. The van der Waals surface area contributed by atoms with Crippen LogP contribution in [-0.4, -0.2) is 63.4 Å². The normalized spacial score (nSPS) is 17.6. The Morgan fingerprint density at radius 2 is 1.53 bits per heavy atom. The van der Waals surface area contributed by atoms with E-state index in [0.717, 1.165) is 12.4 Å². The Bertz CT molecular complexity index is 977. The van der Waals surface area contributed by atoms with Crippen molar-refractivity contribution in [3.05, 3.63) is 54.1 Å². The maximum Gasteiger partial charge on any atom is 0.253 e. The molecule has 0 bridgehead atoms. The summed E-state index contributed by atoms with van der Waals surface area (Å²) in [6.45, 7) is 1.98. The van der Waals surface area contributed by atoms with Crippen molar-refractivity contribution in [3.8, 4) is 11.5 Å². The molecule has 0 unspecified atom stereocenters. The lowest BCUT2D eigenvalue weighted by Gasteiger charge is -2.34. The minimum absolute atomic E-state index is 0.0924. The summed E-state index contributed by atoms with van der Waals surface area (Å²) in [6.07, 6.45) is 2.47. The van der Waals surface area contributed by atoms with Crippen molar-refractivity contribution in [1.29, 1.82) is 0 Å². The number of carbonyl (C=O) groups is 1. The van der Waals surface area contributed by atoms with Gasteiger partial charge < -0.3 is 14.4 Å². The van der Waals surface area contributed by atoms with Crippen molar-refractivity contribution in [2.45, 2.75) is 17.7 Å². The van der Waals surface area contributed by atoms with E-state index in [9.17, 15) is 13.2 Å². The Labute approximate surface area is 177 Å². The fourth-order valence-electron chi connectivity index (χ4n) is 3.40. The van der Waals surface area contributed by atoms with Crippen LogP contribution < -0.4 is 9.47 Å². The van der Waals surface area contributed by atoms with Crippen LogP contribution in [0, 0.1) is 5.92 Å². The van der Waals surface area contributed by atoms with Crippen molar-refractivity contribution in [2.24, 2.45) is 5.92 Å². The third-order valence-corrected chi connectivity index (χ3v) is 7.42. The Morgan fingerprint density at radius 3 is 2.10 bits per heavy atom. The van der Waals surface area contributed by atoms with Gasteiger partial charge in [-0.2, -0.15) is 4.31 Å². The molecule has 1 aliphatic carbocycles. The minimum Gasteiger partial charge on any atom is -0.497 e. The minimum atomic E-state index is -3.59. The number of hydrogen-bond donors (Lipinski definition) is 0. The molecule has 8 heteroatoms. The number of benzene rings is 2. The molecule has 1 aliphatic heterocycles. The molecule has 2 aliphatic rings. The van der Waals surface area contributed by atoms with Crippen LogP contribution in [0.25, 0.3) is 0 Å². The molecular weight excluding hydrogens is 404 g/mol. The zero-order valence-electron chi connectivity index (χ0n) is 17.0. The zero-order chi connectivity index (χ0) is 21.1. The standard InChI is InChI=1S/C22H26N2O5S/c1-28-19-8-10-21(11-9-19)30(26,27)24-14-12-23(13-15-24)22(25)18-4-6-20(7-5-18)29-16-17-2-3-17/h4-11,17H,2-3,12-16H2,1H3. The number of piperazine rings is 1. The fourth-order valence-corrected chi connectivity index (χ4v) is 4.83. The van der Waals surface area contributed by atoms with Crippen LogP contribution in [0.4, 0.5) is 0 Å². The number of amides is 1. The lowest BCUT2D eigenvalue weighted by atomic mass is 10.2. The Balaban J connectivity index is 1.34. The van der Waals surface area contributed by atoms with Crippen molar-refractivity contribution in [2.75, 3.05) is 39.9 Å². The molecule has 1 amide bonds. The predicted molar refractivity (Wildman–Crippen MR) is 112 cm³/mol. The number of sulfonamides is 1. The second-order valence-electron chi connectivity index (χ2n) is 7.65.